The van der Waals surface area contributed by atoms with Gasteiger partial charge in [0.15, 0.2) is 5.76 Å². The molecule has 0 radical (unpaired) electrons. The van der Waals surface area contributed by atoms with Crippen molar-refractivity contribution in [2.75, 3.05) is 6.79 Å². The van der Waals surface area contributed by atoms with Crippen LogP contribution in [0.3, 0.4) is 0 Å². The molecule has 2 rings (SSSR count). The first-order valence-electron chi connectivity index (χ1n) is 7.23. The van der Waals surface area contributed by atoms with E-state index in [1.807, 2.05) is 36.4 Å². The maximum Gasteiger partial charge on any atom is 0.400 e. The summed E-state index contributed by atoms with van der Waals surface area (Å²) >= 11 is 0. The van der Waals surface area contributed by atoms with Gasteiger partial charge < -0.3 is 4.74 Å². The van der Waals surface area contributed by atoms with E-state index < -0.39 is 23.0 Å². The Hall–Kier alpha value is -2.74. The Bertz CT molecular complexity index is 855. The fourth-order valence-corrected chi connectivity index (χ4v) is 2.02. The molecule has 0 aliphatic heterocycles. The number of benzene rings is 2. The van der Waals surface area contributed by atoms with E-state index in [1.54, 1.807) is 30.3 Å². The standard InChI is InChI=1S/C18H16O6S/c19-17(12-11-15-7-3-1-4-8-15)18(23-14-24-25(20,21)22)13-16-9-5-2-6-10-16/h1-13H,14H2,(H,20,21,22). The molecule has 2 aromatic carbocycles. The summed E-state index contributed by atoms with van der Waals surface area (Å²) in [4.78, 5) is 12.3. The Balaban J connectivity index is 2.16. The predicted octanol–water partition coefficient (Wildman–Crippen LogP) is 3.10. The molecule has 0 aliphatic carbocycles. The highest BCUT2D eigenvalue weighted by molar-refractivity contribution is 7.80. The number of hydrogen-bond donors (Lipinski definition) is 1. The summed E-state index contributed by atoms with van der Waals surface area (Å²) in [5.74, 6) is -0.603. The number of hydrogen-bond acceptors (Lipinski definition) is 5. The molecule has 0 spiro atoms. The lowest BCUT2D eigenvalue weighted by Gasteiger charge is -2.07. The van der Waals surface area contributed by atoms with Gasteiger partial charge in [-0.1, -0.05) is 66.7 Å². The van der Waals surface area contributed by atoms with E-state index in [0.717, 1.165) is 5.56 Å². The van der Waals surface area contributed by atoms with Crippen LogP contribution in [0, 0.1) is 0 Å². The van der Waals surface area contributed by atoms with Crippen LogP contribution in [0.15, 0.2) is 72.5 Å². The largest absolute Gasteiger partial charge is 0.462 e. The van der Waals surface area contributed by atoms with Gasteiger partial charge >= 0.3 is 10.4 Å². The van der Waals surface area contributed by atoms with Crippen molar-refractivity contribution in [3.8, 4) is 0 Å². The van der Waals surface area contributed by atoms with Gasteiger partial charge in [0.25, 0.3) is 0 Å². The highest BCUT2D eigenvalue weighted by atomic mass is 32.3. The zero-order chi connectivity index (χ0) is 18.1. The minimum atomic E-state index is -4.66. The monoisotopic (exact) mass is 360 g/mol. The number of carbonyl (C=O) groups is 1. The second kappa shape index (κ2) is 8.93. The lowest BCUT2D eigenvalue weighted by Crippen LogP contribution is -2.11. The van der Waals surface area contributed by atoms with Gasteiger partial charge in [0, 0.05) is 0 Å². The molecule has 130 valence electrons. The first-order chi connectivity index (χ1) is 11.9. The van der Waals surface area contributed by atoms with Crippen molar-refractivity contribution in [2.45, 2.75) is 0 Å². The molecule has 2 aromatic rings. The normalized spacial score (nSPS) is 12.3. The summed E-state index contributed by atoms with van der Waals surface area (Å²) in [5.41, 5.74) is 1.51. The summed E-state index contributed by atoms with van der Waals surface area (Å²) in [6.07, 6.45) is 4.36. The molecule has 0 heterocycles. The minimum absolute atomic E-state index is 0.123. The van der Waals surface area contributed by atoms with Crippen molar-refractivity contribution in [3.63, 3.8) is 0 Å². The van der Waals surface area contributed by atoms with Crippen molar-refractivity contribution in [1.82, 2.24) is 0 Å². The highest BCUT2D eigenvalue weighted by Crippen LogP contribution is 2.11. The lowest BCUT2D eigenvalue weighted by molar-refractivity contribution is -0.115. The van der Waals surface area contributed by atoms with E-state index in [2.05, 4.69) is 4.18 Å². The molecule has 0 fully saturated rings. The van der Waals surface area contributed by atoms with Crippen molar-refractivity contribution < 1.29 is 26.7 Å². The van der Waals surface area contributed by atoms with Crippen LogP contribution in [-0.2, 0) is 24.1 Å². The molecular weight excluding hydrogens is 344 g/mol. The van der Waals surface area contributed by atoms with Crippen LogP contribution in [0.2, 0.25) is 0 Å². The molecule has 0 unspecified atom stereocenters. The SMILES string of the molecule is O=C(C=Cc1ccccc1)C(=Cc1ccccc1)OCOS(=O)(=O)O. The second-order valence-corrected chi connectivity index (χ2v) is 5.93. The van der Waals surface area contributed by atoms with E-state index in [-0.39, 0.29) is 5.76 Å². The average Bonchev–Trinajstić information content (AvgIpc) is 2.59. The van der Waals surface area contributed by atoms with Crippen LogP contribution in [0.1, 0.15) is 11.1 Å². The zero-order valence-corrected chi connectivity index (χ0v) is 13.9. The molecule has 0 saturated heterocycles. The summed E-state index contributed by atoms with van der Waals surface area (Å²) in [5, 5.41) is 0. The Labute approximate surface area is 146 Å². The smallest absolute Gasteiger partial charge is 0.400 e. The predicted molar refractivity (Wildman–Crippen MR) is 93.5 cm³/mol. The van der Waals surface area contributed by atoms with E-state index in [4.69, 9.17) is 9.29 Å². The topological polar surface area (TPSA) is 89.9 Å². The van der Waals surface area contributed by atoms with E-state index in [0.29, 0.717) is 5.56 Å². The molecule has 7 heteroatoms. The van der Waals surface area contributed by atoms with Gasteiger partial charge in [0.2, 0.25) is 12.6 Å². The molecule has 25 heavy (non-hydrogen) atoms. The van der Waals surface area contributed by atoms with E-state index in [9.17, 15) is 13.2 Å². The highest BCUT2D eigenvalue weighted by Gasteiger charge is 2.11. The van der Waals surface area contributed by atoms with Crippen LogP contribution < -0.4 is 0 Å². The van der Waals surface area contributed by atoms with Crippen molar-refractivity contribution >= 4 is 28.3 Å². The lowest BCUT2D eigenvalue weighted by atomic mass is 10.1. The van der Waals surface area contributed by atoms with Crippen LogP contribution in [0.5, 0.6) is 0 Å². The fraction of sp³-hybridized carbons (Fsp3) is 0.0556. The van der Waals surface area contributed by atoms with Crippen LogP contribution in [0.4, 0.5) is 0 Å². The Morgan fingerprint density at radius 1 is 0.960 bits per heavy atom. The molecule has 0 atom stereocenters. The van der Waals surface area contributed by atoms with Gasteiger partial charge in [-0.25, -0.2) is 4.18 Å². The third kappa shape index (κ3) is 7.13. The van der Waals surface area contributed by atoms with Gasteiger partial charge in [-0.3, -0.25) is 9.35 Å². The van der Waals surface area contributed by atoms with Gasteiger partial charge in [0.1, 0.15) is 0 Å². The molecule has 0 bridgehead atoms. The van der Waals surface area contributed by atoms with Gasteiger partial charge in [-0.15, -0.1) is 0 Å². The minimum Gasteiger partial charge on any atom is -0.462 e. The van der Waals surface area contributed by atoms with Gasteiger partial charge in [0.05, 0.1) is 0 Å². The number of ketones is 1. The first-order valence-corrected chi connectivity index (χ1v) is 8.59. The van der Waals surface area contributed by atoms with E-state index in [1.165, 1.54) is 12.2 Å². The summed E-state index contributed by atoms with van der Waals surface area (Å²) < 4.78 is 38.9. The number of rotatable bonds is 8. The first kappa shape index (κ1) is 18.6. The number of ether oxygens (including phenoxy) is 1. The molecule has 1 N–H and O–H groups in total. The van der Waals surface area contributed by atoms with Crippen molar-refractivity contribution in [3.05, 3.63) is 83.6 Å². The Morgan fingerprint density at radius 2 is 1.52 bits per heavy atom. The third-order valence-corrected chi connectivity index (χ3v) is 3.37. The maximum absolute atomic E-state index is 12.3. The van der Waals surface area contributed by atoms with Crippen molar-refractivity contribution in [1.29, 1.82) is 0 Å². The quantitative estimate of drug-likeness (QED) is 0.337. The average molecular weight is 360 g/mol. The van der Waals surface area contributed by atoms with Crippen molar-refractivity contribution in [2.24, 2.45) is 0 Å². The summed E-state index contributed by atoms with van der Waals surface area (Å²) in [6.45, 7) is -0.817. The third-order valence-electron chi connectivity index (χ3n) is 2.98. The van der Waals surface area contributed by atoms with Gasteiger partial charge in [-0.05, 0) is 23.3 Å². The molecule has 6 nitrogen and oxygen atoms in total. The van der Waals surface area contributed by atoms with Crippen LogP contribution in [-0.4, -0.2) is 25.5 Å². The summed E-state index contributed by atoms with van der Waals surface area (Å²) in [6, 6.07) is 18.1. The molecule has 0 saturated carbocycles. The molecule has 0 aromatic heterocycles. The maximum atomic E-state index is 12.3. The Kier molecular flexibility index (Phi) is 6.64. The van der Waals surface area contributed by atoms with E-state index >= 15 is 0 Å². The van der Waals surface area contributed by atoms with Gasteiger partial charge in [-0.2, -0.15) is 8.42 Å². The number of carbonyl (C=O) groups excluding carboxylic acids is 1. The molecular formula is C18H16O6S. The van der Waals surface area contributed by atoms with Crippen LogP contribution >= 0.6 is 0 Å². The fourth-order valence-electron chi connectivity index (χ4n) is 1.85. The second-order valence-electron chi connectivity index (χ2n) is 4.84. The summed E-state index contributed by atoms with van der Waals surface area (Å²) in [7, 11) is -4.66. The molecule has 0 aliphatic rings. The zero-order valence-electron chi connectivity index (χ0n) is 13.1. The number of allylic oxidation sites excluding steroid dienone is 1. The molecule has 0 amide bonds. The van der Waals surface area contributed by atoms with Crippen LogP contribution in [0.25, 0.3) is 12.2 Å². The Morgan fingerprint density at radius 3 is 2.08 bits per heavy atom.